The molecule has 1 aromatic heterocycles. The van der Waals surface area contributed by atoms with E-state index in [0.29, 0.717) is 11.3 Å². The van der Waals surface area contributed by atoms with Gasteiger partial charge in [-0.15, -0.1) is 0 Å². The van der Waals surface area contributed by atoms with Crippen molar-refractivity contribution in [1.82, 2.24) is 5.43 Å². The topological polar surface area (TPSA) is 101 Å². The van der Waals surface area contributed by atoms with E-state index in [-0.39, 0.29) is 22.8 Å². The lowest BCUT2D eigenvalue weighted by Gasteiger charge is -2.05. The second-order valence-electron chi connectivity index (χ2n) is 4.77. The number of hydrazone groups is 1. The van der Waals surface area contributed by atoms with Gasteiger partial charge in [0.25, 0.3) is 5.91 Å². The minimum atomic E-state index is -0.720. The summed E-state index contributed by atoms with van der Waals surface area (Å²) < 4.78 is 9.91. The molecule has 1 aromatic carbocycles. The predicted octanol–water partition coefficient (Wildman–Crippen LogP) is 1.82. The highest BCUT2D eigenvalue weighted by Crippen LogP contribution is 2.15. The quantitative estimate of drug-likeness (QED) is 0.662. The SMILES string of the molecule is COc1ccc(C(=O)N/N=C(\C)c2c(O)cc(C)oc2=O)cc1. The number of hydrogen-bond acceptors (Lipinski definition) is 6. The largest absolute Gasteiger partial charge is 0.507 e. The van der Waals surface area contributed by atoms with Gasteiger partial charge in [-0.2, -0.15) is 5.10 Å². The third-order valence-electron chi connectivity index (χ3n) is 3.09. The van der Waals surface area contributed by atoms with Crippen molar-refractivity contribution in [3.05, 3.63) is 57.6 Å². The summed E-state index contributed by atoms with van der Waals surface area (Å²) in [4.78, 5) is 23.7. The maximum atomic E-state index is 12.0. The molecule has 0 bridgehead atoms. The number of nitrogens with one attached hydrogen (secondary N) is 1. The van der Waals surface area contributed by atoms with Crippen LogP contribution in [0.5, 0.6) is 11.5 Å². The number of carbonyl (C=O) groups is 1. The van der Waals surface area contributed by atoms with Crippen LogP contribution in [0.2, 0.25) is 0 Å². The van der Waals surface area contributed by atoms with Crippen LogP contribution in [-0.2, 0) is 0 Å². The minimum absolute atomic E-state index is 0.0920. The van der Waals surface area contributed by atoms with Crippen molar-refractivity contribution in [2.24, 2.45) is 5.10 Å². The molecule has 0 unspecified atom stereocenters. The van der Waals surface area contributed by atoms with E-state index in [9.17, 15) is 14.7 Å². The Balaban J connectivity index is 2.19. The van der Waals surface area contributed by atoms with E-state index in [4.69, 9.17) is 9.15 Å². The smallest absolute Gasteiger partial charge is 0.348 e. The first-order valence-corrected chi connectivity index (χ1v) is 6.75. The van der Waals surface area contributed by atoms with Gasteiger partial charge in [0.15, 0.2) is 0 Å². The number of aromatic hydroxyl groups is 1. The standard InChI is InChI=1S/C16H16N2O5/c1-9-8-13(19)14(16(21)23-9)10(2)17-18-15(20)11-4-6-12(22-3)7-5-11/h4-8,19H,1-3H3,(H,18,20)/b17-10+. The fraction of sp³-hybridized carbons (Fsp3) is 0.188. The van der Waals surface area contributed by atoms with Crippen molar-refractivity contribution in [1.29, 1.82) is 0 Å². The highest BCUT2D eigenvalue weighted by Gasteiger charge is 2.13. The highest BCUT2D eigenvalue weighted by molar-refractivity contribution is 6.02. The van der Waals surface area contributed by atoms with E-state index >= 15 is 0 Å². The van der Waals surface area contributed by atoms with Crippen LogP contribution < -0.4 is 15.8 Å². The van der Waals surface area contributed by atoms with Gasteiger partial charge in [-0.1, -0.05) is 0 Å². The zero-order valence-electron chi connectivity index (χ0n) is 12.9. The summed E-state index contributed by atoms with van der Waals surface area (Å²) in [6.07, 6.45) is 0. The summed E-state index contributed by atoms with van der Waals surface area (Å²) in [7, 11) is 1.53. The van der Waals surface area contributed by atoms with Crippen LogP contribution in [0.3, 0.4) is 0 Å². The van der Waals surface area contributed by atoms with Gasteiger partial charge in [-0.25, -0.2) is 10.2 Å². The molecule has 0 atom stereocenters. The lowest BCUT2D eigenvalue weighted by molar-refractivity contribution is 0.0954. The average molecular weight is 316 g/mol. The fourth-order valence-electron chi connectivity index (χ4n) is 1.93. The molecule has 2 aromatic rings. The molecular formula is C16H16N2O5. The molecular weight excluding hydrogens is 300 g/mol. The van der Waals surface area contributed by atoms with Crippen molar-refractivity contribution in [2.75, 3.05) is 7.11 Å². The molecule has 0 aliphatic carbocycles. The first-order chi connectivity index (χ1) is 10.9. The lowest BCUT2D eigenvalue weighted by Crippen LogP contribution is -2.21. The second kappa shape index (κ2) is 6.78. The third-order valence-corrected chi connectivity index (χ3v) is 3.09. The van der Waals surface area contributed by atoms with E-state index in [2.05, 4.69) is 10.5 Å². The van der Waals surface area contributed by atoms with Gasteiger partial charge >= 0.3 is 5.63 Å². The molecule has 7 heteroatoms. The van der Waals surface area contributed by atoms with Gasteiger partial charge in [0, 0.05) is 11.6 Å². The van der Waals surface area contributed by atoms with Crippen molar-refractivity contribution < 1.29 is 19.1 Å². The molecule has 0 aliphatic rings. The van der Waals surface area contributed by atoms with E-state index < -0.39 is 11.5 Å². The van der Waals surface area contributed by atoms with Crippen LogP contribution in [0.1, 0.15) is 28.6 Å². The molecule has 0 spiro atoms. The Morgan fingerprint density at radius 1 is 1.30 bits per heavy atom. The van der Waals surface area contributed by atoms with E-state index in [1.165, 1.54) is 20.1 Å². The number of benzene rings is 1. The lowest BCUT2D eigenvalue weighted by atomic mass is 10.2. The molecule has 0 saturated heterocycles. The molecule has 23 heavy (non-hydrogen) atoms. The molecule has 1 amide bonds. The molecule has 0 saturated carbocycles. The zero-order valence-corrected chi connectivity index (χ0v) is 12.9. The number of hydrogen-bond donors (Lipinski definition) is 2. The van der Waals surface area contributed by atoms with Crippen molar-refractivity contribution >= 4 is 11.6 Å². The average Bonchev–Trinajstić information content (AvgIpc) is 2.51. The number of ether oxygens (including phenoxy) is 1. The Kier molecular flexibility index (Phi) is 4.80. The van der Waals surface area contributed by atoms with Gasteiger partial charge in [0.05, 0.1) is 12.8 Å². The monoisotopic (exact) mass is 316 g/mol. The van der Waals surface area contributed by atoms with Gasteiger partial charge in [0.2, 0.25) is 0 Å². The zero-order chi connectivity index (χ0) is 17.0. The molecule has 7 nitrogen and oxygen atoms in total. The number of rotatable bonds is 4. The van der Waals surface area contributed by atoms with E-state index in [1.54, 1.807) is 31.2 Å². The third kappa shape index (κ3) is 3.76. The molecule has 120 valence electrons. The van der Waals surface area contributed by atoms with Crippen molar-refractivity contribution in [3.8, 4) is 11.5 Å². The Labute approximate surface area is 132 Å². The first kappa shape index (κ1) is 16.3. The molecule has 0 radical (unpaired) electrons. The van der Waals surface area contributed by atoms with E-state index in [1.807, 2.05) is 0 Å². The predicted molar refractivity (Wildman–Crippen MR) is 84.1 cm³/mol. The summed E-state index contributed by atoms with van der Waals surface area (Å²) >= 11 is 0. The fourth-order valence-corrected chi connectivity index (χ4v) is 1.93. The maximum Gasteiger partial charge on any atom is 0.348 e. The number of carbonyl (C=O) groups excluding carboxylic acids is 1. The number of amides is 1. The van der Waals surface area contributed by atoms with Gasteiger partial charge in [-0.05, 0) is 38.1 Å². The van der Waals surface area contributed by atoms with Crippen molar-refractivity contribution in [3.63, 3.8) is 0 Å². The normalized spacial score (nSPS) is 11.2. The van der Waals surface area contributed by atoms with Gasteiger partial charge in [-0.3, -0.25) is 4.79 Å². The number of aryl methyl sites for hydroxylation is 1. The number of nitrogens with zero attached hydrogens (tertiary/aromatic N) is 1. The van der Waals surface area contributed by atoms with Crippen LogP contribution in [-0.4, -0.2) is 23.8 Å². The molecule has 2 N–H and O–H groups in total. The summed E-state index contributed by atoms with van der Waals surface area (Å²) in [5, 5.41) is 13.6. The van der Waals surface area contributed by atoms with Crippen LogP contribution in [0.4, 0.5) is 0 Å². The number of methoxy groups -OCH3 is 1. The van der Waals surface area contributed by atoms with Crippen LogP contribution >= 0.6 is 0 Å². The second-order valence-corrected chi connectivity index (χ2v) is 4.77. The van der Waals surface area contributed by atoms with Crippen molar-refractivity contribution in [2.45, 2.75) is 13.8 Å². The molecule has 1 heterocycles. The minimum Gasteiger partial charge on any atom is -0.507 e. The van der Waals surface area contributed by atoms with Crippen LogP contribution in [0.15, 0.2) is 44.6 Å². The van der Waals surface area contributed by atoms with Crippen LogP contribution in [0.25, 0.3) is 0 Å². The van der Waals surface area contributed by atoms with Gasteiger partial charge in [0.1, 0.15) is 22.8 Å². The molecule has 0 aliphatic heterocycles. The first-order valence-electron chi connectivity index (χ1n) is 6.75. The van der Waals surface area contributed by atoms with Crippen LogP contribution in [0, 0.1) is 6.92 Å². The maximum absolute atomic E-state index is 12.0. The summed E-state index contributed by atoms with van der Waals surface area (Å²) in [5.41, 5.74) is 2.02. The summed E-state index contributed by atoms with van der Waals surface area (Å²) in [5.74, 6) is 0.205. The Morgan fingerprint density at radius 2 is 1.96 bits per heavy atom. The Bertz CT molecular complexity index is 806. The Morgan fingerprint density at radius 3 is 2.52 bits per heavy atom. The van der Waals surface area contributed by atoms with Gasteiger partial charge < -0.3 is 14.3 Å². The molecule has 2 rings (SSSR count). The highest BCUT2D eigenvalue weighted by atomic mass is 16.5. The Hall–Kier alpha value is -3.09. The summed E-state index contributed by atoms with van der Waals surface area (Å²) in [6, 6.07) is 7.76. The molecule has 0 fully saturated rings. The van der Waals surface area contributed by atoms with E-state index in [0.717, 1.165) is 0 Å². The summed E-state index contributed by atoms with van der Waals surface area (Å²) in [6.45, 7) is 3.03.